The number of rotatable bonds is 5. The number of ether oxygens (including phenoxy) is 2. The molecule has 30 heavy (non-hydrogen) atoms. The SMILES string of the molecule is COc1ccc(NC(=O)N2CCC3(CC2)CC(N(C2CC2)S(C)(=O)=O)CCO3)cc1. The van der Waals surface area contributed by atoms with Gasteiger partial charge in [0.25, 0.3) is 0 Å². The minimum atomic E-state index is -3.23. The lowest BCUT2D eigenvalue weighted by atomic mass is 9.82. The van der Waals surface area contributed by atoms with Gasteiger partial charge in [-0.05, 0) is 62.8 Å². The highest BCUT2D eigenvalue weighted by Gasteiger charge is 2.47. The Hall–Kier alpha value is -1.84. The van der Waals surface area contributed by atoms with Crippen molar-refractivity contribution >= 4 is 21.7 Å². The number of hydrogen-bond acceptors (Lipinski definition) is 5. The van der Waals surface area contributed by atoms with Crippen LogP contribution in [0.2, 0.25) is 0 Å². The second-order valence-electron chi connectivity index (χ2n) is 8.65. The van der Waals surface area contributed by atoms with E-state index >= 15 is 0 Å². The molecule has 2 amide bonds. The maximum atomic E-state index is 12.6. The number of hydrogen-bond donors (Lipinski definition) is 1. The summed E-state index contributed by atoms with van der Waals surface area (Å²) in [5, 5.41) is 2.93. The number of sulfonamides is 1. The van der Waals surface area contributed by atoms with Gasteiger partial charge in [0.15, 0.2) is 0 Å². The lowest BCUT2D eigenvalue weighted by Gasteiger charge is -2.48. The quantitative estimate of drug-likeness (QED) is 0.765. The molecule has 3 fully saturated rings. The van der Waals surface area contributed by atoms with Crippen LogP contribution >= 0.6 is 0 Å². The summed E-state index contributed by atoms with van der Waals surface area (Å²) in [6.07, 6.45) is 6.13. The Bertz CT molecular complexity index is 861. The van der Waals surface area contributed by atoms with Gasteiger partial charge in [-0.1, -0.05) is 0 Å². The van der Waals surface area contributed by atoms with E-state index in [0.717, 1.165) is 43.5 Å². The molecule has 8 nitrogen and oxygen atoms in total. The number of carbonyl (C=O) groups is 1. The third-order valence-electron chi connectivity index (χ3n) is 6.42. The van der Waals surface area contributed by atoms with Crippen molar-refractivity contribution in [1.82, 2.24) is 9.21 Å². The Labute approximate surface area is 178 Å². The van der Waals surface area contributed by atoms with Gasteiger partial charge in [0, 0.05) is 37.5 Å². The van der Waals surface area contributed by atoms with Gasteiger partial charge in [-0.2, -0.15) is 4.31 Å². The van der Waals surface area contributed by atoms with E-state index in [0.29, 0.717) is 26.1 Å². The molecule has 2 aliphatic heterocycles. The first-order valence-corrected chi connectivity index (χ1v) is 12.5. The van der Waals surface area contributed by atoms with Crippen molar-refractivity contribution in [3.63, 3.8) is 0 Å². The van der Waals surface area contributed by atoms with Crippen LogP contribution in [0.15, 0.2) is 24.3 Å². The largest absolute Gasteiger partial charge is 0.497 e. The molecule has 1 saturated carbocycles. The molecule has 1 spiro atoms. The van der Waals surface area contributed by atoms with Crippen molar-refractivity contribution in [3.8, 4) is 5.75 Å². The number of nitrogens with one attached hydrogen (secondary N) is 1. The molecule has 0 bridgehead atoms. The fourth-order valence-electron chi connectivity index (χ4n) is 4.73. The predicted octanol–water partition coefficient (Wildman–Crippen LogP) is 2.66. The molecule has 3 aliphatic rings. The van der Waals surface area contributed by atoms with Gasteiger partial charge in [-0.15, -0.1) is 0 Å². The maximum Gasteiger partial charge on any atom is 0.321 e. The number of urea groups is 1. The number of methoxy groups -OCH3 is 1. The van der Waals surface area contributed by atoms with Gasteiger partial charge in [0.2, 0.25) is 10.0 Å². The zero-order valence-electron chi connectivity index (χ0n) is 17.7. The first kappa shape index (κ1) is 21.4. The molecule has 1 aromatic rings. The van der Waals surface area contributed by atoms with Gasteiger partial charge in [0.05, 0.1) is 19.0 Å². The number of piperidine rings is 1. The summed E-state index contributed by atoms with van der Waals surface area (Å²) < 4.78 is 37.8. The lowest BCUT2D eigenvalue weighted by molar-refractivity contribution is -0.122. The van der Waals surface area contributed by atoms with Crippen molar-refractivity contribution in [1.29, 1.82) is 0 Å². The summed E-state index contributed by atoms with van der Waals surface area (Å²) in [6.45, 7) is 1.76. The Morgan fingerprint density at radius 3 is 2.40 bits per heavy atom. The highest BCUT2D eigenvalue weighted by atomic mass is 32.2. The van der Waals surface area contributed by atoms with Crippen molar-refractivity contribution in [2.24, 2.45) is 0 Å². The van der Waals surface area contributed by atoms with Crippen LogP contribution in [0.1, 0.15) is 38.5 Å². The number of anilines is 1. The Morgan fingerprint density at radius 2 is 1.83 bits per heavy atom. The normalized spacial score (nSPS) is 24.1. The minimum absolute atomic E-state index is 0.000857. The van der Waals surface area contributed by atoms with Crippen LogP contribution in [0.3, 0.4) is 0 Å². The van der Waals surface area contributed by atoms with Crippen molar-refractivity contribution < 1.29 is 22.7 Å². The first-order chi connectivity index (χ1) is 14.3. The Balaban J connectivity index is 1.35. The number of nitrogens with zero attached hydrogens (tertiary/aromatic N) is 2. The van der Waals surface area contributed by atoms with Gasteiger partial charge in [-0.3, -0.25) is 0 Å². The van der Waals surface area contributed by atoms with Gasteiger partial charge in [0.1, 0.15) is 5.75 Å². The smallest absolute Gasteiger partial charge is 0.321 e. The molecule has 4 rings (SSSR count). The van der Waals surface area contributed by atoms with Crippen molar-refractivity contribution in [2.75, 3.05) is 38.4 Å². The molecule has 0 radical (unpaired) electrons. The molecule has 1 aliphatic carbocycles. The zero-order valence-corrected chi connectivity index (χ0v) is 18.5. The molecule has 1 aromatic carbocycles. The van der Waals surface area contributed by atoms with Crippen LogP contribution in [0.4, 0.5) is 10.5 Å². The van der Waals surface area contributed by atoms with Crippen LogP contribution in [0.25, 0.3) is 0 Å². The number of benzene rings is 1. The van der Waals surface area contributed by atoms with Crippen molar-refractivity contribution in [3.05, 3.63) is 24.3 Å². The molecule has 1 unspecified atom stereocenters. The second kappa shape index (κ2) is 8.36. The van der Waals surface area contributed by atoms with E-state index in [1.807, 2.05) is 24.3 Å². The van der Waals surface area contributed by atoms with E-state index in [-0.39, 0.29) is 23.7 Å². The summed E-state index contributed by atoms with van der Waals surface area (Å²) in [7, 11) is -1.62. The number of amides is 2. The lowest BCUT2D eigenvalue weighted by Crippen LogP contribution is -2.56. The fourth-order valence-corrected chi connectivity index (χ4v) is 6.20. The standard InChI is InChI=1S/C21H31N3O5S/c1-28-19-7-3-16(4-8-19)22-20(25)23-12-10-21(11-13-23)15-18(9-14-29-21)24(17-5-6-17)30(2,26)27/h3-4,7-8,17-18H,5-6,9-15H2,1-2H3,(H,22,25). The average Bonchev–Trinajstić information content (AvgIpc) is 3.53. The molecular weight excluding hydrogens is 406 g/mol. The summed E-state index contributed by atoms with van der Waals surface area (Å²) in [4.78, 5) is 14.5. The molecule has 0 aromatic heterocycles. The van der Waals surface area contributed by atoms with E-state index in [4.69, 9.17) is 9.47 Å². The Morgan fingerprint density at radius 1 is 1.17 bits per heavy atom. The predicted molar refractivity (Wildman–Crippen MR) is 114 cm³/mol. The highest BCUT2D eigenvalue weighted by Crippen LogP contribution is 2.41. The number of likely N-dealkylation sites (tertiary alicyclic amines) is 1. The van der Waals surface area contributed by atoms with Crippen LogP contribution in [-0.2, 0) is 14.8 Å². The molecule has 1 N–H and O–H groups in total. The van der Waals surface area contributed by atoms with E-state index in [1.54, 1.807) is 16.3 Å². The van der Waals surface area contributed by atoms with Crippen LogP contribution in [0.5, 0.6) is 5.75 Å². The third kappa shape index (κ3) is 4.73. The van der Waals surface area contributed by atoms with Gasteiger partial charge >= 0.3 is 6.03 Å². The zero-order chi connectivity index (χ0) is 21.4. The van der Waals surface area contributed by atoms with E-state index in [9.17, 15) is 13.2 Å². The molecule has 1 atom stereocenters. The summed E-state index contributed by atoms with van der Waals surface area (Å²) in [5.41, 5.74) is 0.390. The van der Waals surface area contributed by atoms with Crippen LogP contribution in [0, 0.1) is 0 Å². The van der Waals surface area contributed by atoms with E-state index < -0.39 is 10.0 Å². The summed E-state index contributed by atoms with van der Waals surface area (Å²) in [5.74, 6) is 0.742. The minimum Gasteiger partial charge on any atom is -0.497 e. The monoisotopic (exact) mass is 437 g/mol. The average molecular weight is 438 g/mol. The Kier molecular flexibility index (Phi) is 5.96. The third-order valence-corrected chi connectivity index (χ3v) is 7.78. The first-order valence-electron chi connectivity index (χ1n) is 10.6. The maximum absolute atomic E-state index is 12.6. The van der Waals surface area contributed by atoms with Crippen molar-refractivity contribution in [2.45, 2.75) is 56.2 Å². The van der Waals surface area contributed by atoms with Crippen LogP contribution in [-0.4, -0.2) is 74.4 Å². The summed E-state index contributed by atoms with van der Waals surface area (Å²) >= 11 is 0. The van der Waals surface area contributed by atoms with E-state index in [1.165, 1.54) is 6.26 Å². The summed E-state index contributed by atoms with van der Waals surface area (Å²) in [6, 6.07) is 7.28. The second-order valence-corrected chi connectivity index (χ2v) is 10.5. The number of carbonyl (C=O) groups excluding carboxylic acids is 1. The molecule has 9 heteroatoms. The highest BCUT2D eigenvalue weighted by molar-refractivity contribution is 7.88. The van der Waals surface area contributed by atoms with Crippen LogP contribution < -0.4 is 10.1 Å². The molecular formula is C21H31N3O5S. The molecule has 2 saturated heterocycles. The van der Waals surface area contributed by atoms with Gasteiger partial charge in [-0.25, -0.2) is 13.2 Å². The van der Waals surface area contributed by atoms with E-state index in [2.05, 4.69) is 5.32 Å². The fraction of sp³-hybridized carbons (Fsp3) is 0.667. The molecule has 2 heterocycles. The topological polar surface area (TPSA) is 88.2 Å². The van der Waals surface area contributed by atoms with Gasteiger partial charge < -0.3 is 19.7 Å². The molecule has 166 valence electrons.